The zero-order chi connectivity index (χ0) is 19.2. The molecule has 0 unspecified atom stereocenters. The minimum atomic E-state index is -3.58. The van der Waals surface area contributed by atoms with Crippen LogP contribution in [0.5, 0.6) is 0 Å². The summed E-state index contributed by atoms with van der Waals surface area (Å²) in [4.78, 5) is 13.7. The summed E-state index contributed by atoms with van der Waals surface area (Å²) in [5, 5.41) is 2.86. The van der Waals surface area contributed by atoms with Gasteiger partial charge in [0.2, 0.25) is 10.0 Å². The summed E-state index contributed by atoms with van der Waals surface area (Å²) in [6.45, 7) is 6.35. The Balaban J connectivity index is 1.97. The first-order valence-corrected chi connectivity index (χ1v) is 10.9. The zero-order valence-electron chi connectivity index (χ0n) is 15.2. The van der Waals surface area contributed by atoms with Gasteiger partial charge in [0, 0.05) is 29.3 Å². The maximum atomic E-state index is 12.4. The number of carbonyl (C=O) groups excluding carboxylic acids is 1. The van der Waals surface area contributed by atoms with Crippen molar-refractivity contribution in [3.63, 3.8) is 0 Å². The maximum absolute atomic E-state index is 12.4. The summed E-state index contributed by atoms with van der Waals surface area (Å²) in [5.74, 6) is 0.476. The number of thioether (sulfide) groups is 1. The van der Waals surface area contributed by atoms with Gasteiger partial charge in [0.25, 0.3) is 5.91 Å². The van der Waals surface area contributed by atoms with E-state index in [0.29, 0.717) is 18.7 Å². The number of rotatable bonds is 8. The lowest BCUT2D eigenvalue weighted by Gasteiger charge is -2.10. The molecule has 2 aromatic rings. The van der Waals surface area contributed by atoms with Gasteiger partial charge in [0.05, 0.1) is 4.90 Å². The topological polar surface area (TPSA) is 75.3 Å². The van der Waals surface area contributed by atoms with Gasteiger partial charge in [-0.15, -0.1) is 11.8 Å². The molecule has 1 amide bonds. The van der Waals surface area contributed by atoms with Gasteiger partial charge in [-0.25, -0.2) is 13.1 Å². The van der Waals surface area contributed by atoms with Crippen molar-refractivity contribution in [2.75, 3.05) is 18.8 Å². The molecular weight excluding hydrogens is 368 g/mol. The smallest absolute Gasteiger partial charge is 0.251 e. The summed E-state index contributed by atoms with van der Waals surface area (Å²) < 4.78 is 26.7. The number of benzene rings is 2. The van der Waals surface area contributed by atoms with Crippen LogP contribution in [0.4, 0.5) is 0 Å². The van der Waals surface area contributed by atoms with E-state index < -0.39 is 10.0 Å². The fourth-order valence-electron chi connectivity index (χ4n) is 2.35. The molecule has 0 aliphatic rings. The Morgan fingerprint density at radius 1 is 1.08 bits per heavy atom. The zero-order valence-corrected chi connectivity index (χ0v) is 16.8. The molecule has 0 spiro atoms. The Labute approximate surface area is 159 Å². The van der Waals surface area contributed by atoms with Crippen LogP contribution < -0.4 is 10.0 Å². The molecule has 0 fully saturated rings. The monoisotopic (exact) mass is 392 g/mol. The Kier molecular flexibility index (Phi) is 7.25. The third-order valence-corrected chi connectivity index (χ3v) is 6.33. The van der Waals surface area contributed by atoms with Crippen LogP contribution in [0.25, 0.3) is 0 Å². The second kappa shape index (κ2) is 9.21. The highest BCUT2D eigenvalue weighted by atomic mass is 32.2. The molecule has 140 valence electrons. The fourth-order valence-corrected chi connectivity index (χ4v) is 4.18. The van der Waals surface area contributed by atoms with Gasteiger partial charge in [0.1, 0.15) is 0 Å². The molecule has 0 bridgehead atoms. The van der Waals surface area contributed by atoms with Crippen molar-refractivity contribution >= 4 is 27.7 Å². The molecule has 2 aromatic carbocycles. The van der Waals surface area contributed by atoms with Gasteiger partial charge < -0.3 is 5.32 Å². The molecule has 26 heavy (non-hydrogen) atoms. The summed E-state index contributed by atoms with van der Waals surface area (Å²) in [6, 6.07) is 12.8. The number of sulfonamides is 1. The number of amides is 1. The van der Waals surface area contributed by atoms with Crippen molar-refractivity contribution < 1.29 is 13.2 Å². The van der Waals surface area contributed by atoms with Crippen LogP contribution in [0.2, 0.25) is 0 Å². The summed E-state index contributed by atoms with van der Waals surface area (Å²) in [5.41, 5.74) is 2.33. The van der Waals surface area contributed by atoms with Crippen LogP contribution in [0, 0.1) is 13.8 Å². The molecular formula is C19H24N2O3S2. The second-order valence-electron chi connectivity index (χ2n) is 5.90. The molecule has 0 heterocycles. The molecule has 0 saturated carbocycles. The van der Waals surface area contributed by atoms with Gasteiger partial charge in [-0.3, -0.25) is 4.79 Å². The Bertz CT molecular complexity index is 863. The van der Waals surface area contributed by atoms with E-state index in [-0.39, 0.29) is 10.8 Å². The van der Waals surface area contributed by atoms with Gasteiger partial charge in [-0.05, 0) is 43.7 Å². The van der Waals surface area contributed by atoms with Gasteiger partial charge in [-0.1, -0.05) is 30.7 Å². The van der Waals surface area contributed by atoms with Crippen LogP contribution in [0.1, 0.15) is 28.4 Å². The number of nitrogens with one attached hydrogen (secondary N) is 2. The van der Waals surface area contributed by atoms with Crippen molar-refractivity contribution in [3.05, 3.63) is 59.2 Å². The molecule has 0 saturated heterocycles. The molecule has 0 aliphatic heterocycles. The SMILES string of the molecule is CCNS(=O)(=O)c1ccc(C)c(C(=O)NCCSc2ccc(C)cc2)c1. The largest absolute Gasteiger partial charge is 0.351 e. The first-order valence-electron chi connectivity index (χ1n) is 8.41. The fraction of sp³-hybridized carbons (Fsp3) is 0.316. The Hall–Kier alpha value is -1.83. The minimum absolute atomic E-state index is 0.101. The minimum Gasteiger partial charge on any atom is -0.351 e. The van der Waals surface area contributed by atoms with E-state index in [9.17, 15) is 13.2 Å². The standard InChI is InChI=1S/C19H24N2O3S2/c1-4-21-26(23,24)17-10-7-15(3)18(13-17)19(22)20-11-12-25-16-8-5-14(2)6-9-16/h5-10,13,21H,4,11-12H2,1-3H3,(H,20,22). The van der Waals surface area contributed by atoms with Crippen LogP contribution in [-0.2, 0) is 10.0 Å². The number of hydrogen-bond acceptors (Lipinski definition) is 4. The normalized spacial score (nSPS) is 11.3. The van der Waals surface area contributed by atoms with Crippen molar-refractivity contribution in [2.24, 2.45) is 0 Å². The van der Waals surface area contributed by atoms with Crippen LogP contribution >= 0.6 is 11.8 Å². The molecule has 0 aromatic heterocycles. The first kappa shape index (κ1) is 20.5. The molecule has 0 radical (unpaired) electrons. The highest BCUT2D eigenvalue weighted by molar-refractivity contribution is 7.99. The summed E-state index contributed by atoms with van der Waals surface area (Å²) in [6.07, 6.45) is 0. The van der Waals surface area contributed by atoms with Crippen molar-refractivity contribution in [3.8, 4) is 0 Å². The van der Waals surface area contributed by atoms with E-state index in [1.807, 2.05) is 6.92 Å². The predicted molar refractivity (Wildman–Crippen MR) is 106 cm³/mol. The molecule has 0 atom stereocenters. The quantitative estimate of drug-likeness (QED) is 0.535. The van der Waals surface area contributed by atoms with Crippen LogP contribution in [0.15, 0.2) is 52.3 Å². The third-order valence-electron chi connectivity index (χ3n) is 3.78. The molecule has 0 aliphatic carbocycles. The number of hydrogen-bond donors (Lipinski definition) is 2. The van der Waals surface area contributed by atoms with Crippen LogP contribution in [0.3, 0.4) is 0 Å². The number of carbonyl (C=O) groups is 1. The molecule has 5 nitrogen and oxygen atoms in total. The van der Waals surface area contributed by atoms with E-state index in [1.165, 1.54) is 17.7 Å². The lowest BCUT2D eigenvalue weighted by atomic mass is 10.1. The van der Waals surface area contributed by atoms with Crippen LogP contribution in [-0.4, -0.2) is 33.2 Å². The van der Waals surface area contributed by atoms with Gasteiger partial charge in [-0.2, -0.15) is 0 Å². The summed E-state index contributed by atoms with van der Waals surface area (Å²) >= 11 is 1.66. The van der Waals surface area contributed by atoms with E-state index in [0.717, 1.165) is 16.2 Å². The number of aryl methyl sites for hydroxylation is 2. The third kappa shape index (κ3) is 5.59. The molecule has 2 rings (SSSR count). The average Bonchev–Trinajstić information content (AvgIpc) is 2.60. The second-order valence-corrected chi connectivity index (χ2v) is 8.83. The van der Waals surface area contributed by atoms with Gasteiger partial charge in [0.15, 0.2) is 0 Å². The Morgan fingerprint density at radius 2 is 1.77 bits per heavy atom. The highest BCUT2D eigenvalue weighted by Gasteiger charge is 2.17. The maximum Gasteiger partial charge on any atom is 0.251 e. The van der Waals surface area contributed by atoms with E-state index >= 15 is 0 Å². The lowest BCUT2D eigenvalue weighted by Crippen LogP contribution is -2.27. The van der Waals surface area contributed by atoms with Crippen molar-refractivity contribution in [1.29, 1.82) is 0 Å². The van der Waals surface area contributed by atoms with E-state index in [4.69, 9.17) is 0 Å². The average molecular weight is 393 g/mol. The van der Waals surface area contributed by atoms with Crippen molar-refractivity contribution in [2.45, 2.75) is 30.6 Å². The Morgan fingerprint density at radius 3 is 2.42 bits per heavy atom. The van der Waals surface area contributed by atoms with Gasteiger partial charge >= 0.3 is 0 Å². The molecule has 7 heteroatoms. The van der Waals surface area contributed by atoms with E-state index in [2.05, 4.69) is 34.3 Å². The molecule has 2 N–H and O–H groups in total. The lowest BCUT2D eigenvalue weighted by molar-refractivity contribution is 0.0955. The van der Waals surface area contributed by atoms with Crippen molar-refractivity contribution in [1.82, 2.24) is 10.0 Å². The predicted octanol–water partition coefficient (Wildman–Crippen LogP) is 3.12. The summed E-state index contributed by atoms with van der Waals surface area (Å²) in [7, 11) is -3.58. The first-order chi connectivity index (χ1) is 12.3. The highest BCUT2D eigenvalue weighted by Crippen LogP contribution is 2.18. The van der Waals surface area contributed by atoms with E-state index in [1.54, 1.807) is 31.7 Å².